The van der Waals surface area contributed by atoms with Gasteiger partial charge in [0, 0.05) is 25.5 Å². The maximum Gasteiger partial charge on any atom is 0.158 e. The topological polar surface area (TPSA) is 40.6 Å². The Hall–Kier alpha value is -0.490. The van der Waals surface area contributed by atoms with Crippen molar-refractivity contribution in [1.82, 2.24) is 4.98 Å². The van der Waals surface area contributed by atoms with Gasteiger partial charge in [0.05, 0.1) is 6.61 Å². The second-order valence-corrected chi connectivity index (χ2v) is 5.10. The quantitative estimate of drug-likeness (QED) is 0.783. The van der Waals surface area contributed by atoms with E-state index in [2.05, 4.69) is 20.9 Å². The highest BCUT2D eigenvalue weighted by molar-refractivity contribution is 9.10. The molecule has 0 bridgehead atoms. The van der Waals surface area contributed by atoms with E-state index < -0.39 is 0 Å². The smallest absolute Gasteiger partial charge is 0.158 e. The lowest BCUT2D eigenvalue weighted by Crippen LogP contribution is -2.26. The number of hydrogen-bond acceptors (Lipinski definition) is 4. The Balaban J connectivity index is 2.00. The summed E-state index contributed by atoms with van der Waals surface area (Å²) in [6.07, 6.45) is 4.78. The standard InChI is InChI=1S/C13H18BrNO3/c1-16-9-11(10-5-6-12(14)15-8-10)18-13-4-2-3-7-17-13/h5-6,8,11,13H,2-4,7,9H2,1H3. The maximum atomic E-state index is 5.96. The van der Waals surface area contributed by atoms with E-state index in [4.69, 9.17) is 14.2 Å². The van der Waals surface area contributed by atoms with Crippen LogP contribution >= 0.6 is 15.9 Å². The van der Waals surface area contributed by atoms with Gasteiger partial charge in [-0.05, 0) is 41.3 Å². The SMILES string of the molecule is COCC(OC1CCCCO1)c1ccc(Br)nc1. The Morgan fingerprint density at radius 3 is 3.00 bits per heavy atom. The maximum absolute atomic E-state index is 5.96. The molecule has 1 aromatic rings. The van der Waals surface area contributed by atoms with Gasteiger partial charge in [-0.15, -0.1) is 0 Å². The fourth-order valence-electron chi connectivity index (χ4n) is 1.94. The van der Waals surface area contributed by atoms with Crippen molar-refractivity contribution in [2.45, 2.75) is 31.7 Å². The normalized spacial score (nSPS) is 21.8. The first kappa shape index (κ1) is 13.9. The van der Waals surface area contributed by atoms with Gasteiger partial charge in [-0.1, -0.05) is 6.07 Å². The van der Waals surface area contributed by atoms with Gasteiger partial charge in [-0.25, -0.2) is 4.98 Å². The summed E-state index contributed by atoms with van der Waals surface area (Å²) in [4.78, 5) is 4.22. The summed E-state index contributed by atoms with van der Waals surface area (Å²) in [5, 5.41) is 0. The Kier molecular flexibility index (Phi) is 5.56. The summed E-state index contributed by atoms with van der Waals surface area (Å²) in [6, 6.07) is 3.90. The van der Waals surface area contributed by atoms with Crippen LogP contribution in [-0.4, -0.2) is 31.6 Å². The van der Waals surface area contributed by atoms with Crippen LogP contribution in [-0.2, 0) is 14.2 Å². The largest absolute Gasteiger partial charge is 0.382 e. The third-order valence-corrected chi connectivity index (χ3v) is 3.36. The Morgan fingerprint density at radius 1 is 1.50 bits per heavy atom. The summed E-state index contributed by atoms with van der Waals surface area (Å²) < 4.78 is 17.6. The van der Waals surface area contributed by atoms with Gasteiger partial charge in [-0.2, -0.15) is 0 Å². The Morgan fingerprint density at radius 2 is 2.39 bits per heavy atom. The van der Waals surface area contributed by atoms with Crippen LogP contribution in [0.2, 0.25) is 0 Å². The molecule has 2 atom stereocenters. The molecule has 0 amide bonds. The number of methoxy groups -OCH3 is 1. The molecule has 0 aliphatic carbocycles. The van der Waals surface area contributed by atoms with Crippen molar-refractivity contribution in [3.63, 3.8) is 0 Å². The highest BCUT2D eigenvalue weighted by atomic mass is 79.9. The van der Waals surface area contributed by atoms with Gasteiger partial charge >= 0.3 is 0 Å². The lowest BCUT2D eigenvalue weighted by molar-refractivity contribution is -0.198. The molecular formula is C13H18BrNO3. The molecule has 0 spiro atoms. The van der Waals surface area contributed by atoms with E-state index in [1.807, 2.05) is 12.1 Å². The first-order valence-electron chi connectivity index (χ1n) is 6.17. The minimum absolute atomic E-state index is 0.123. The van der Waals surface area contributed by atoms with Gasteiger partial charge < -0.3 is 14.2 Å². The van der Waals surface area contributed by atoms with Crippen molar-refractivity contribution in [2.75, 3.05) is 20.3 Å². The fourth-order valence-corrected chi connectivity index (χ4v) is 2.18. The van der Waals surface area contributed by atoms with Crippen LogP contribution in [0.4, 0.5) is 0 Å². The van der Waals surface area contributed by atoms with Gasteiger partial charge in [0.15, 0.2) is 6.29 Å². The predicted molar refractivity (Wildman–Crippen MR) is 71.2 cm³/mol. The third-order valence-electron chi connectivity index (χ3n) is 2.89. The summed E-state index contributed by atoms with van der Waals surface area (Å²) in [7, 11) is 1.67. The monoisotopic (exact) mass is 315 g/mol. The van der Waals surface area contributed by atoms with E-state index in [1.165, 1.54) is 0 Å². The zero-order valence-corrected chi connectivity index (χ0v) is 12.1. The summed E-state index contributed by atoms with van der Waals surface area (Å²) in [6.45, 7) is 1.28. The van der Waals surface area contributed by atoms with Crippen LogP contribution in [0, 0.1) is 0 Å². The van der Waals surface area contributed by atoms with Crippen LogP contribution in [0.3, 0.4) is 0 Å². The van der Waals surface area contributed by atoms with Crippen LogP contribution in [0.5, 0.6) is 0 Å². The second-order valence-electron chi connectivity index (χ2n) is 4.29. The lowest BCUT2D eigenvalue weighted by atomic mass is 10.1. The molecule has 1 aromatic heterocycles. The van der Waals surface area contributed by atoms with Crippen LogP contribution in [0.25, 0.3) is 0 Å². The molecule has 0 saturated carbocycles. The predicted octanol–water partition coefficient (Wildman–Crippen LogP) is 3.07. The van der Waals surface area contributed by atoms with Gasteiger partial charge in [0.1, 0.15) is 10.7 Å². The van der Waals surface area contributed by atoms with Crippen LogP contribution in [0.15, 0.2) is 22.9 Å². The highest BCUT2D eigenvalue weighted by Gasteiger charge is 2.21. The van der Waals surface area contributed by atoms with Crippen molar-refractivity contribution in [2.24, 2.45) is 0 Å². The second kappa shape index (κ2) is 7.19. The molecule has 0 radical (unpaired) electrons. The highest BCUT2D eigenvalue weighted by Crippen LogP contribution is 2.24. The number of rotatable bonds is 5. The Bertz CT molecular complexity index is 352. The number of nitrogens with zero attached hydrogens (tertiary/aromatic N) is 1. The van der Waals surface area contributed by atoms with Crippen molar-refractivity contribution >= 4 is 15.9 Å². The molecule has 2 unspecified atom stereocenters. The van der Waals surface area contributed by atoms with Gasteiger partial charge in [-0.3, -0.25) is 0 Å². The summed E-state index contributed by atoms with van der Waals surface area (Å²) in [5.74, 6) is 0. The molecule has 1 saturated heterocycles. The molecular weight excluding hydrogens is 298 g/mol. The van der Waals surface area contributed by atoms with E-state index in [-0.39, 0.29) is 12.4 Å². The molecule has 0 aromatic carbocycles. The summed E-state index contributed by atoms with van der Waals surface area (Å²) in [5.41, 5.74) is 1.01. The molecule has 100 valence electrons. The first-order chi connectivity index (χ1) is 8.79. The minimum Gasteiger partial charge on any atom is -0.382 e. The number of aromatic nitrogens is 1. The number of ether oxygens (including phenoxy) is 3. The van der Waals surface area contributed by atoms with Crippen molar-refractivity contribution in [1.29, 1.82) is 0 Å². The molecule has 0 N–H and O–H groups in total. The lowest BCUT2D eigenvalue weighted by Gasteiger charge is -2.27. The number of halogens is 1. The van der Waals surface area contributed by atoms with E-state index in [0.29, 0.717) is 6.61 Å². The first-order valence-corrected chi connectivity index (χ1v) is 6.96. The molecule has 1 aliphatic heterocycles. The molecule has 2 rings (SSSR count). The molecule has 2 heterocycles. The van der Waals surface area contributed by atoms with Crippen molar-refractivity contribution in [3.8, 4) is 0 Å². The van der Waals surface area contributed by atoms with Crippen LogP contribution < -0.4 is 0 Å². The molecule has 1 aliphatic rings. The van der Waals surface area contributed by atoms with Crippen molar-refractivity contribution in [3.05, 3.63) is 28.5 Å². The molecule has 1 fully saturated rings. The summed E-state index contributed by atoms with van der Waals surface area (Å²) >= 11 is 3.32. The number of pyridine rings is 1. The minimum atomic E-state index is -0.126. The van der Waals surface area contributed by atoms with Crippen molar-refractivity contribution < 1.29 is 14.2 Å². The molecule has 18 heavy (non-hydrogen) atoms. The average molecular weight is 316 g/mol. The zero-order valence-electron chi connectivity index (χ0n) is 10.5. The van der Waals surface area contributed by atoms with Gasteiger partial charge in [0.25, 0.3) is 0 Å². The van der Waals surface area contributed by atoms with E-state index >= 15 is 0 Å². The molecule has 5 heteroatoms. The zero-order chi connectivity index (χ0) is 12.8. The van der Waals surface area contributed by atoms with Crippen LogP contribution in [0.1, 0.15) is 30.9 Å². The van der Waals surface area contributed by atoms with Gasteiger partial charge in [0.2, 0.25) is 0 Å². The number of hydrogen-bond donors (Lipinski definition) is 0. The average Bonchev–Trinajstić information content (AvgIpc) is 2.40. The molecule has 4 nitrogen and oxygen atoms in total. The van der Waals surface area contributed by atoms with E-state index in [9.17, 15) is 0 Å². The Labute approximate surface area is 116 Å². The van der Waals surface area contributed by atoms with E-state index in [0.717, 1.165) is 36.0 Å². The van der Waals surface area contributed by atoms with E-state index in [1.54, 1.807) is 13.3 Å². The third kappa shape index (κ3) is 4.02. The fraction of sp³-hybridized carbons (Fsp3) is 0.615.